The zero-order valence-electron chi connectivity index (χ0n) is 8.27. The van der Waals surface area contributed by atoms with Gasteiger partial charge in [-0.15, -0.1) is 11.3 Å². The average Bonchev–Trinajstić information content (AvgIpc) is 2.76. The monoisotopic (exact) mass is 232 g/mol. The first-order chi connectivity index (χ1) is 7.75. The van der Waals surface area contributed by atoms with Crippen molar-refractivity contribution in [2.75, 3.05) is 0 Å². The Balaban J connectivity index is 2.22. The molecule has 0 bridgehead atoms. The number of carboxylic acid groups (broad SMARTS) is 1. The van der Waals surface area contributed by atoms with E-state index in [9.17, 15) is 4.79 Å². The minimum atomic E-state index is -0.911. The van der Waals surface area contributed by atoms with Crippen LogP contribution in [0.4, 0.5) is 0 Å². The van der Waals surface area contributed by atoms with Crippen molar-refractivity contribution in [1.29, 1.82) is 0 Å². The quantitative estimate of drug-likeness (QED) is 0.822. The van der Waals surface area contributed by atoms with E-state index in [0.717, 1.165) is 21.8 Å². The van der Waals surface area contributed by atoms with Crippen LogP contribution >= 0.6 is 11.3 Å². The largest absolute Gasteiger partial charge is 0.488 e. The minimum absolute atomic E-state index is 0.295. The second kappa shape index (κ2) is 3.35. The topological polar surface area (TPSA) is 46.5 Å². The molecule has 0 saturated carbocycles. The van der Waals surface area contributed by atoms with Crippen LogP contribution in [0.5, 0.6) is 5.75 Å². The molecule has 80 valence electrons. The maximum atomic E-state index is 10.9. The van der Waals surface area contributed by atoms with Crippen molar-refractivity contribution in [1.82, 2.24) is 0 Å². The molecule has 0 saturated heterocycles. The first-order valence-corrected chi connectivity index (χ1v) is 5.70. The van der Waals surface area contributed by atoms with Gasteiger partial charge in [-0.2, -0.15) is 0 Å². The van der Waals surface area contributed by atoms with Crippen LogP contribution in [0.1, 0.15) is 15.9 Å². The summed E-state index contributed by atoms with van der Waals surface area (Å²) in [5, 5.41) is 10.9. The zero-order chi connectivity index (χ0) is 11.1. The van der Waals surface area contributed by atoms with Crippen molar-refractivity contribution < 1.29 is 14.6 Å². The van der Waals surface area contributed by atoms with Gasteiger partial charge in [-0.1, -0.05) is 0 Å². The number of ether oxygens (including phenoxy) is 1. The molecule has 0 atom stereocenters. The summed E-state index contributed by atoms with van der Waals surface area (Å²) < 4.78 is 5.56. The number of rotatable bonds is 1. The summed E-state index contributed by atoms with van der Waals surface area (Å²) >= 11 is 1.62. The molecule has 1 aliphatic heterocycles. The third-order valence-corrected chi connectivity index (χ3v) is 3.59. The molecule has 0 radical (unpaired) electrons. The maximum absolute atomic E-state index is 10.9. The summed E-state index contributed by atoms with van der Waals surface area (Å²) in [5.41, 5.74) is 2.31. The molecule has 16 heavy (non-hydrogen) atoms. The van der Waals surface area contributed by atoms with Crippen molar-refractivity contribution in [3.63, 3.8) is 0 Å². The Morgan fingerprint density at radius 3 is 3.06 bits per heavy atom. The van der Waals surface area contributed by atoms with Crippen LogP contribution in [0, 0.1) is 0 Å². The highest BCUT2D eigenvalue weighted by atomic mass is 32.1. The zero-order valence-corrected chi connectivity index (χ0v) is 9.08. The van der Waals surface area contributed by atoms with E-state index >= 15 is 0 Å². The van der Waals surface area contributed by atoms with Crippen molar-refractivity contribution in [3.05, 3.63) is 40.8 Å². The fraction of sp³-hybridized carbons (Fsp3) is 0.0833. The van der Waals surface area contributed by atoms with E-state index in [1.165, 1.54) is 0 Å². The molecule has 4 heteroatoms. The fourth-order valence-electron chi connectivity index (χ4n) is 1.81. The van der Waals surface area contributed by atoms with Gasteiger partial charge in [-0.25, -0.2) is 4.79 Å². The normalized spacial score (nSPS) is 12.5. The van der Waals surface area contributed by atoms with E-state index in [4.69, 9.17) is 9.84 Å². The van der Waals surface area contributed by atoms with E-state index in [2.05, 4.69) is 0 Å². The van der Waals surface area contributed by atoms with Gasteiger partial charge < -0.3 is 9.84 Å². The van der Waals surface area contributed by atoms with Gasteiger partial charge in [0.1, 0.15) is 12.4 Å². The Bertz CT molecular complexity index is 571. The molecule has 1 N–H and O–H groups in total. The number of carbonyl (C=O) groups is 1. The molecule has 2 aromatic rings. The Morgan fingerprint density at radius 1 is 1.38 bits per heavy atom. The summed E-state index contributed by atoms with van der Waals surface area (Å²) in [6, 6.07) is 6.98. The van der Waals surface area contributed by atoms with Crippen LogP contribution in [0.3, 0.4) is 0 Å². The number of thiophene rings is 1. The van der Waals surface area contributed by atoms with E-state index in [0.29, 0.717) is 12.2 Å². The summed E-state index contributed by atoms with van der Waals surface area (Å²) in [7, 11) is 0. The lowest BCUT2D eigenvalue weighted by atomic mass is 10.0. The third kappa shape index (κ3) is 1.31. The predicted octanol–water partition coefficient (Wildman–Crippen LogP) is 3.01. The van der Waals surface area contributed by atoms with Gasteiger partial charge in [0.05, 0.1) is 5.56 Å². The lowest BCUT2D eigenvalue weighted by Crippen LogP contribution is -2.04. The standard InChI is InChI=1S/C12H8O3S/c13-12(14)7-1-2-10-9(5-7)11-8(6-15-10)3-4-16-11/h1-5H,6H2,(H,13,14). The van der Waals surface area contributed by atoms with Gasteiger partial charge in [-0.3, -0.25) is 0 Å². The number of carboxylic acids is 1. The Kier molecular flexibility index (Phi) is 1.97. The fourth-order valence-corrected chi connectivity index (χ4v) is 2.74. The van der Waals surface area contributed by atoms with Gasteiger partial charge in [0.25, 0.3) is 0 Å². The third-order valence-electron chi connectivity index (χ3n) is 2.60. The van der Waals surface area contributed by atoms with Crippen LogP contribution < -0.4 is 4.74 Å². The van der Waals surface area contributed by atoms with Crippen LogP contribution in [-0.2, 0) is 6.61 Å². The highest BCUT2D eigenvalue weighted by Crippen LogP contribution is 2.41. The second-order valence-electron chi connectivity index (χ2n) is 3.58. The number of fused-ring (bicyclic) bond motifs is 3. The molecule has 1 aliphatic rings. The molecule has 0 fully saturated rings. The molecular weight excluding hydrogens is 224 g/mol. The molecule has 3 nitrogen and oxygen atoms in total. The van der Waals surface area contributed by atoms with E-state index in [1.807, 2.05) is 11.4 Å². The summed E-state index contributed by atoms with van der Waals surface area (Å²) in [6.45, 7) is 0.568. The van der Waals surface area contributed by atoms with Crippen LogP contribution in [0.25, 0.3) is 10.4 Å². The van der Waals surface area contributed by atoms with Gasteiger partial charge in [-0.05, 0) is 29.6 Å². The lowest BCUT2D eigenvalue weighted by Gasteiger charge is -2.17. The van der Waals surface area contributed by atoms with Gasteiger partial charge in [0, 0.05) is 16.0 Å². The van der Waals surface area contributed by atoms with Crippen molar-refractivity contribution >= 4 is 17.3 Å². The summed E-state index contributed by atoms with van der Waals surface area (Å²) in [5.74, 6) is -0.147. The smallest absolute Gasteiger partial charge is 0.335 e. The molecule has 0 aliphatic carbocycles. The average molecular weight is 232 g/mol. The van der Waals surface area contributed by atoms with Crippen molar-refractivity contribution in [3.8, 4) is 16.2 Å². The number of hydrogen-bond donors (Lipinski definition) is 1. The number of benzene rings is 1. The second-order valence-corrected chi connectivity index (χ2v) is 4.50. The van der Waals surface area contributed by atoms with Gasteiger partial charge in [0.15, 0.2) is 0 Å². The SMILES string of the molecule is O=C(O)c1ccc2c(c1)-c1sccc1CO2. The van der Waals surface area contributed by atoms with Crippen molar-refractivity contribution in [2.45, 2.75) is 6.61 Å². The van der Waals surface area contributed by atoms with E-state index in [-0.39, 0.29) is 0 Å². The van der Waals surface area contributed by atoms with E-state index in [1.54, 1.807) is 29.5 Å². The predicted molar refractivity (Wildman–Crippen MR) is 61.0 cm³/mol. The molecule has 1 aromatic carbocycles. The highest BCUT2D eigenvalue weighted by Gasteiger charge is 2.19. The molecule has 1 aromatic heterocycles. The summed E-state index contributed by atoms with van der Waals surface area (Å²) in [6.07, 6.45) is 0. The Labute approximate surface area is 95.9 Å². The lowest BCUT2D eigenvalue weighted by molar-refractivity contribution is 0.0697. The summed E-state index contributed by atoms with van der Waals surface area (Å²) in [4.78, 5) is 12.0. The minimum Gasteiger partial charge on any atom is -0.488 e. The molecule has 3 rings (SSSR count). The van der Waals surface area contributed by atoms with Crippen LogP contribution in [0.15, 0.2) is 29.6 Å². The Morgan fingerprint density at radius 2 is 2.25 bits per heavy atom. The first kappa shape index (κ1) is 9.42. The number of aromatic carboxylic acids is 1. The van der Waals surface area contributed by atoms with Crippen LogP contribution in [0.2, 0.25) is 0 Å². The number of hydrogen-bond acceptors (Lipinski definition) is 3. The highest BCUT2D eigenvalue weighted by molar-refractivity contribution is 7.13. The van der Waals surface area contributed by atoms with Gasteiger partial charge >= 0.3 is 5.97 Å². The Hall–Kier alpha value is -1.81. The maximum Gasteiger partial charge on any atom is 0.335 e. The van der Waals surface area contributed by atoms with E-state index < -0.39 is 5.97 Å². The van der Waals surface area contributed by atoms with Crippen LogP contribution in [-0.4, -0.2) is 11.1 Å². The van der Waals surface area contributed by atoms with Crippen molar-refractivity contribution in [2.24, 2.45) is 0 Å². The van der Waals surface area contributed by atoms with Gasteiger partial charge in [0.2, 0.25) is 0 Å². The molecule has 0 unspecified atom stereocenters. The molecule has 0 spiro atoms. The molecular formula is C12H8O3S. The molecule has 0 amide bonds. The molecule has 2 heterocycles. The first-order valence-electron chi connectivity index (χ1n) is 4.82.